The first-order chi connectivity index (χ1) is 13.7. The summed E-state index contributed by atoms with van der Waals surface area (Å²) in [5.74, 6) is 1.75. The Morgan fingerprint density at radius 2 is 1.96 bits per heavy atom. The molecule has 2 aliphatic rings. The second-order valence-electron chi connectivity index (χ2n) is 7.57. The van der Waals surface area contributed by atoms with Gasteiger partial charge in [-0.25, -0.2) is 0 Å². The minimum absolute atomic E-state index is 0.224. The summed E-state index contributed by atoms with van der Waals surface area (Å²) in [6, 6.07) is 4.32. The Bertz CT molecular complexity index is 623. The third-order valence-electron chi connectivity index (χ3n) is 5.34. The summed E-state index contributed by atoms with van der Waals surface area (Å²) in [7, 11) is 1.85. The maximum atomic E-state index is 12.4. The lowest BCUT2D eigenvalue weighted by Crippen LogP contribution is -2.55. The molecule has 1 aromatic rings. The molecule has 7 nitrogen and oxygen atoms in total. The van der Waals surface area contributed by atoms with E-state index < -0.39 is 0 Å². The van der Waals surface area contributed by atoms with Crippen LogP contribution in [0.2, 0.25) is 0 Å². The summed E-state index contributed by atoms with van der Waals surface area (Å²) >= 11 is 1.82. The highest BCUT2D eigenvalue weighted by atomic mass is 32.1. The fourth-order valence-corrected chi connectivity index (χ4v) is 4.53. The Labute approximate surface area is 172 Å². The Morgan fingerprint density at radius 1 is 1.21 bits per heavy atom. The van der Waals surface area contributed by atoms with Crippen LogP contribution in [0.15, 0.2) is 22.5 Å². The van der Waals surface area contributed by atoms with Crippen LogP contribution in [-0.4, -0.2) is 99.2 Å². The van der Waals surface area contributed by atoms with E-state index in [-0.39, 0.29) is 5.91 Å². The van der Waals surface area contributed by atoms with Gasteiger partial charge in [-0.1, -0.05) is 13.0 Å². The van der Waals surface area contributed by atoms with Crippen LogP contribution in [0, 0.1) is 5.92 Å². The van der Waals surface area contributed by atoms with Crippen molar-refractivity contribution in [2.45, 2.75) is 13.3 Å². The Hall–Kier alpha value is -1.64. The number of aliphatic imine (C=N–C) groups is 1. The number of carbonyl (C=O) groups excluding carboxylic acids is 1. The van der Waals surface area contributed by atoms with Gasteiger partial charge >= 0.3 is 0 Å². The molecule has 1 atom stereocenters. The normalized spacial score (nSPS) is 20.3. The molecule has 3 heterocycles. The molecular weight excluding hydrogens is 374 g/mol. The third-order valence-corrected chi connectivity index (χ3v) is 6.24. The molecule has 156 valence electrons. The van der Waals surface area contributed by atoms with Gasteiger partial charge in [-0.3, -0.25) is 14.7 Å². The van der Waals surface area contributed by atoms with Crippen LogP contribution in [0.1, 0.15) is 11.8 Å². The molecule has 1 unspecified atom stereocenters. The van der Waals surface area contributed by atoms with Gasteiger partial charge in [0.15, 0.2) is 5.96 Å². The summed E-state index contributed by atoms with van der Waals surface area (Å²) in [5, 5.41) is 5.67. The van der Waals surface area contributed by atoms with Crippen molar-refractivity contribution in [3.05, 3.63) is 22.4 Å². The number of carbonyl (C=O) groups is 1. The average molecular weight is 408 g/mol. The zero-order valence-electron chi connectivity index (χ0n) is 17.1. The molecule has 1 aromatic heterocycles. The van der Waals surface area contributed by atoms with Crippen molar-refractivity contribution in [2.75, 3.05) is 72.6 Å². The lowest BCUT2D eigenvalue weighted by molar-refractivity contribution is -0.136. The molecule has 3 rings (SSSR count). The van der Waals surface area contributed by atoms with Crippen molar-refractivity contribution in [1.82, 2.24) is 20.0 Å². The van der Waals surface area contributed by atoms with Crippen molar-refractivity contribution in [1.29, 1.82) is 0 Å². The Balaban J connectivity index is 1.38. The molecule has 2 saturated heterocycles. The van der Waals surface area contributed by atoms with Gasteiger partial charge < -0.3 is 19.9 Å². The van der Waals surface area contributed by atoms with Gasteiger partial charge in [-0.05, 0) is 23.8 Å². The van der Waals surface area contributed by atoms with E-state index in [2.05, 4.69) is 44.5 Å². The van der Waals surface area contributed by atoms with Crippen molar-refractivity contribution < 1.29 is 9.53 Å². The molecule has 0 spiro atoms. The van der Waals surface area contributed by atoms with E-state index in [1.165, 1.54) is 4.88 Å². The number of piperazine rings is 1. The molecule has 0 radical (unpaired) electrons. The fraction of sp³-hybridized carbons (Fsp3) is 0.700. The van der Waals surface area contributed by atoms with Crippen LogP contribution in [0.25, 0.3) is 0 Å². The summed E-state index contributed by atoms with van der Waals surface area (Å²) in [6.07, 6.45) is 1.10. The first-order valence-corrected chi connectivity index (χ1v) is 11.1. The third kappa shape index (κ3) is 6.18. The number of hydrogen-bond acceptors (Lipinski definition) is 5. The van der Waals surface area contributed by atoms with Gasteiger partial charge in [0, 0.05) is 57.7 Å². The van der Waals surface area contributed by atoms with Crippen LogP contribution in [0.5, 0.6) is 0 Å². The standard InChI is InChI=1S/C20H33N5O2S/c1-17(14-18-4-3-13-28-18)15-22-20(21-2)25-7-5-23(6-8-25)16-19(26)24-9-11-27-12-10-24/h3-4,13,17H,5-12,14-16H2,1-2H3,(H,21,22). The zero-order chi connectivity index (χ0) is 19.8. The molecule has 0 bridgehead atoms. The van der Waals surface area contributed by atoms with Gasteiger partial charge in [0.1, 0.15) is 0 Å². The van der Waals surface area contributed by atoms with Crippen molar-refractivity contribution in [2.24, 2.45) is 10.9 Å². The van der Waals surface area contributed by atoms with Crippen molar-refractivity contribution in [3.63, 3.8) is 0 Å². The average Bonchev–Trinajstić information content (AvgIpc) is 3.23. The molecule has 8 heteroatoms. The molecule has 0 aromatic carbocycles. The van der Waals surface area contributed by atoms with Gasteiger partial charge in [-0.2, -0.15) is 0 Å². The SMILES string of the molecule is CN=C(NCC(C)Cc1cccs1)N1CCN(CC(=O)N2CCOCC2)CC1. The van der Waals surface area contributed by atoms with E-state index in [4.69, 9.17) is 4.74 Å². The van der Waals surface area contributed by atoms with Crippen LogP contribution in [0.4, 0.5) is 0 Å². The molecule has 2 fully saturated rings. The van der Waals surface area contributed by atoms with Crippen LogP contribution < -0.4 is 5.32 Å². The molecule has 1 amide bonds. The number of ether oxygens (including phenoxy) is 1. The number of hydrogen-bond donors (Lipinski definition) is 1. The summed E-state index contributed by atoms with van der Waals surface area (Å²) < 4.78 is 5.33. The lowest BCUT2D eigenvalue weighted by Gasteiger charge is -2.37. The highest BCUT2D eigenvalue weighted by molar-refractivity contribution is 7.09. The smallest absolute Gasteiger partial charge is 0.236 e. The quantitative estimate of drug-likeness (QED) is 0.563. The van der Waals surface area contributed by atoms with Gasteiger partial charge in [-0.15, -0.1) is 11.3 Å². The topological polar surface area (TPSA) is 60.4 Å². The van der Waals surface area contributed by atoms with E-state index in [1.54, 1.807) is 0 Å². The predicted octanol–water partition coefficient (Wildman–Crippen LogP) is 0.979. The Morgan fingerprint density at radius 3 is 2.61 bits per heavy atom. The minimum Gasteiger partial charge on any atom is -0.378 e. The largest absolute Gasteiger partial charge is 0.378 e. The molecular formula is C20H33N5O2S. The second kappa shape index (κ2) is 10.8. The second-order valence-corrected chi connectivity index (χ2v) is 8.61. The number of amides is 1. The van der Waals surface area contributed by atoms with E-state index in [1.807, 2.05) is 23.3 Å². The number of guanidine groups is 1. The van der Waals surface area contributed by atoms with E-state index >= 15 is 0 Å². The maximum absolute atomic E-state index is 12.4. The minimum atomic E-state index is 0.224. The highest BCUT2D eigenvalue weighted by Crippen LogP contribution is 2.14. The van der Waals surface area contributed by atoms with E-state index in [0.717, 1.165) is 58.2 Å². The molecule has 28 heavy (non-hydrogen) atoms. The first-order valence-electron chi connectivity index (χ1n) is 10.2. The lowest BCUT2D eigenvalue weighted by atomic mass is 10.1. The van der Waals surface area contributed by atoms with Crippen LogP contribution >= 0.6 is 11.3 Å². The van der Waals surface area contributed by atoms with Crippen molar-refractivity contribution >= 4 is 23.2 Å². The number of nitrogens with zero attached hydrogens (tertiary/aromatic N) is 4. The summed E-state index contributed by atoms with van der Waals surface area (Å²) in [4.78, 5) is 24.8. The summed E-state index contributed by atoms with van der Waals surface area (Å²) in [6.45, 7) is 10.0. The van der Waals surface area contributed by atoms with Gasteiger partial charge in [0.05, 0.1) is 19.8 Å². The summed E-state index contributed by atoms with van der Waals surface area (Å²) in [5.41, 5.74) is 0. The first kappa shape index (κ1) is 21.1. The Kier molecular flexibility index (Phi) is 8.12. The molecule has 0 aliphatic carbocycles. The number of thiophene rings is 1. The molecule has 1 N–H and O–H groups in total. The maximum Gasteiger partial charge on any atom is 0.236 e. The zero-order valence-corrected chi connectivity index (χ0v) is 17.9. The van der Waals surface area contributed by atoms with E-state index in [9.17, 15) is 4.79 Å². The highest BCUT2D eigenvalue weighted by Gasteiger charge is 2.24. The van der Waals surface area contributed by atoms with Crippen LogP contribution in [-0.2, 0) is 16.0 Å². The van der Waals surface area contributed by atoms with Crippen molar-refractivity contribution in [3.8, 4) is 0 Å². The number of rotatable bonds is 6. The van der Waals surface area contributed by atoms with Gasteiger partial charge in [0.2, 0.25) is 5.91 Å². The fourth-order valence-electron chi connectivity index (χ4n) is 3.66. The monoisotopic (exact) mass is 407 g/mol. The number of nitrogens with one attached hydrogen (secondary N) is 1. The number of morpholine rings is 1. The van der Waals surface area contributed by atoms with Crippen LogP contribution in [0.3, 0.4) is 0 Å². The van der Waals surface area contributed by atoms with E-state index in [0.29, 0.717) is 25.7 Å². The molecule has 2 aliphatic heterocycles. The predicted molar refractivity (Wildman–Crippen MR) is 114 cm³/mol. The van der Waals surface area contributed by atoms with Gasteiger partial charge in [0.25, 0.3) is 0 Å². The molecule has 0 saturated carbocycles.